The van der Waals surface area contributed by atoms with Crippen molar-refractivity contribution in [2.45, 2.75) is 19.9 Å². The number of nitrogens with zero attached hydrogens (tertiary/aromatic N) is 2. The normalized spacial score (nSPS) is 12.5. The number of carboxylic acids is 1. The Morgan fingerprint density at radius 3 is 2.78 bits per heavy atom. The zero-order valence-electron chi connectivity index (χ0n) is 12.5. The van der Waals surface area contributed by atoms with Gasteiger partial charge in [0.15, 0.2) is 0 Å². The molecule has 3 aromatic rings. The lowest BCUT2D eigenvalue weighted by molar-refractivity contribution is 0.0697. The van der Waals surface area contributed by atoms with Gasteiger partial charge in [0.05, 0.1) is 17.0 Å². The van der Waals surface area contributed by atoms with Crippen molar-refractivity contribution in [2.75, 3.05) is 0 Å². The third-order valence-corrected chi connectivity index (χ3v) is 3.96. The standard InChI is InChI=1S/C16H14FN3O3/c1-8-12(16(22)23)10-4-3-5-11(17)13(10)15(21)20(8)9(2)14-18-6-7-19-14/h3-7,9H,1-2H3,(H,18,19)(H,22,23). The van der Waals surface area contributed by atoms with E-state index in [0.717, 1.165) is 6.07 Å². The Bertz CT molecular complexity index is 961. The number of pyridine rings is 1. The van der Waals surface area contributed by atoms with E-state index in [1.54, 1.807) is 13.1 Å². The zero-order valence-corrected chi connectivity index (χ0v) is 12.5. The van der Waals surface area contributed by atoms with Crippen molar-refractivity contribution in [1.82, 2.24) is 14.5 Å². The number of carbonyl (C=O) groups is 1. The van der Waals surface area contributed by atoms with Gasteiger partial charge in [0.25, 0.3) is 5.56 Å². The van der Waals surface area contributed by atoms with Gasteiger partial charge in [-0.3, -0.25) is 4.79 Å². The van der Waals surface area contributed by atoms with Crippen LogP contribution >= 0.6 is 0 Å². The number of benzene rings is 1. The number of carboxylic acid groups (broad SMARTS) is 1. The predicted molar refractivity (Wildman–Crippen MR) is 82.3 cm³/mol. The Labute approximate surface area is 130 Å². The molecule has 23 heavy (non-hydrogen) atoms. The fraction of sp³-hybridized carbons (Fsp3) is 0.188. The lowest BCUT2D eigenvalue weighted by Crippen LogP contribution is -2.29. The van der Waals surface area contributed by atoms with Crippen molar-refractivity contribution in [2.24, 2.45) is 0 Å². The van der Waals surface area contributed by atoms with Gasteiger partial charge in [-0.2, -0.15) is 0 Å². The predicted octanol–water partition coefficient (Wildman–Crippen LogP) is 2.48. The number of halogens is 1. The van der Waals surface area contributed by atoms with Gasteiger partial charge in [-0.25, -0.2) is 14.2 Å². The van der Waals surface area contributed by atoms with Gasteiger partial charge in [-0.05, 0) is 19.9 Å². The third-order valence-electron chi connectivity index (χ3n) is 3.96. The topological polar surface area (TPSA) is 88.0 Å². The largest absolute Gasteiger partial charge is 0.478 e. The third kappa shape index (κ3) is 2.21. The number of rotatable bonds is 3. The first-order valence-electron chi connectivity index (χ1n) is 6.99. The number of hydrogen-bond acceptors (Lipinski definition) is 3. The molecule has 0 spiro atoms. The number of aromatic carboxylic acids is 1. The van der Waals surface area contributed by atoms with Gasteiger partial charge in [0, 0.05) is 23.5 Å². The van der Waals surface area contributed by atoms with Crippen molar-refractivity contribution in [3.05, 3.63) is 63.8 Å². The Kier molecular flexibility index (Phi) is 3.48. The van der Waals surface area contributed by atoms with Crippen LogP contribution < -0.4 is 5.56 Å². The van der Waals surface area contributed by atoms with Gasteiger partial charge in [0.1, 0.15) is 11.6 Å². The van der Waals surface area contributed by atoms with Gasteiger partial charge in [0.2, 0.25) is 0 Å². The maximum atomic E-state index is 14.2. The van der Waals surface area contributed by atoms with Gasteiger partial charge in [-0.1, -0.05) is 12.1 Å². The molecule has 1 aromatic carbocycles. The summed E-state index contributed by atoms with van der Waals surface area (Å²) in [6.07, 6.45) is 3.14. The van der Waals surface area contributed by atoms with Crippen LogP contribution in [-0.4, -0.2) is 25.6 Å². The molecule has 6 nitrogen and oxygen atoms in total. The lowest BCUT2D eigenvalue weighted by atomic mass is 10.0. The van der Waals surface area contributed by atoms with E-state index in [1.165, 1.54) is 29.8 Å². The number of nitrogens with one attached hydrogen (secondary N) is 1. The Morgan fingerprint density at radius 2 is 2.17 bits per heavy atom. The first kappa shape index (κ1) is 15.0. The molecule has 0 saturated heterocycles. The average Bonchev–Trinajstić information content (AvgIpc) is 3.00. The number of hydrogen-bond donors (Lipinski definition) is 2. The van der Waals surface area contributed by atoms with Crippen molar-refractivity contribution in [3.63, 3.8) is 0 Å². The Balaban J connectivity index is 2.46. The quantitative estimate of drug-likeness (QED) is 0.777. The lowest BCUT2D eigenvalue weighted by Gasteiger charge is -2.19. The van der Waals surface area contributed by atoms with Crippen LogP contribution in [0.5, 0.6) is 0 Å². The molecular weight excluding hydrogens is 301 g/mol. The fourth-order valence-corrected chi connectivity index (χ4v) is 2.90. The fourth-order valence-electron chi connectivity index (χ4n) is 2.90. The highest BCUT2D eigenvalue weighted by Gasteiger charge is 2.24. The summed E-state index contributed by atoms with van der Waals surface area (Å²) >= 11 is 0. The average molecular weight is 315 g/mol. The molecule has 0 fully saturated rings. The van der Waals surface area contributed by atoms with Crippen LogP contribution in [0, 0.1) is 12.7 Å². The van der Waals surface area contributed by atoms with Crippen LogP contribution in [0.2, 0.25) is 0 Å². The van der Waals surface area contributed by atoms with E-state index < -0.39 is 23.4 Å². The highest BCUT2D eigenvalue weighted by molar-refractivity contribution is 6.04. The molecule has 2 N–H and O–H groups in total. The van der Waals surface area contributed by atoms with E-state index in [1.807, 2.05) is 0 Å². The van der Waals surface area contributed by atoms with E-state index in [4.69, 9.17) is 0 Å². The molecule has 1 unspecified atom stereocenters. The second kappa shape index (κ2) is 5.35. The van der Waals surface area contributed by atoms with E-state index in [0.29, 0.717) is 5.82 Å². The van der Waals surface area contributed by atoms with Gasteiger partial charge < -0.3 is 14.7 Å². The maximum Gasteiger partial charge on any atom is 0.338 e. The molecule has 0 aliphatic heterocycles. The summed E-state index contributed by atoms with van der Waals surface area (Å²) in [7, 11) is 0. The summed E-state index contributed by atoms with van der Waals surface area (Å²) in [5.74, 6) is -1.46. The van der Waals surface area contributed by atoms with E-state index in [2.05, 4.69) is 9.97 Å². The first-order valence-corrected chi connectivity index (χ1v) is 6.99. The Morgan fingerprint density at radius 1 is 1.43 bits per heavy atom. The van der Waals surface area contributed by atoms with Gasteiger partial charge in [-0.15, -0.1) is 0 Å². The van der Waals surface area contributed by atoms with Crippen LogP contribution in [0.3, 0.4) is 0 Å². The number of aromatic nitrogens is 3. The molecule has 3 rings (SSSR count). The molecule has 118 valence electrons. The summed E-state index contributed by atoms with van der Waals surface area (Å²) in [6, 6.07) is 3.42. The van der Waals surface area contributed by atoms with Crippen LogP contribution in [0.25, 0.3) is 10.8 Å². The smallest absolute Gasteiger partial charge is 0.338 e. The minimum Gasteiger partial charge on any atom is -0.478 e. The summed E-state index contributed by atoms with van der Waals surface area (Å²) < 4.78 is 15.4. The van der Waals surface area contributed by atoms with Crippen molar-refractivity contribution < 1.29 is 14.3 Å². The Hall–Kier alpha value is -2.96. The molecule has 0 radical (unpaired) electrons. The van der Waals surface area contributed by atoms with E-state index >= 15 is 0 Å². The SMILES string of the molecule is Cc1c(C(=O)O)c2cccc(F)c2c(=O)n1C(C)c1ncc[nH]1. The first-order chi connectivity index (χ1) is 10.9. The summed E-state index contributed by atoms with van der Waals surface area (Å²) in [5, 5.41) is 9.39. The molecule has 1 atom stereocenters. The number of H-pyrrole nitrogens is 1. The van der Waals surface area contributed by atoms with Crippen LogP contribution in [0.4, 0.5) is 4.39 Å². The van der Waals surface area contributed by atoms with E-state index in [9.17, 15) is 19.1 Å². The highest BCUT2D eigenvalue weighted by atomic mass is 19.1. The van der Waals surface area contributed by atoms with Crippen molar-refractivity contribution in [1.29, 1.82) is 0 Å². The molecular formula is C16H14FN3O3. The van der Waals surface area contributed by atoms with Crippen LogP contribution in [0.15, 0.2) is 35.4 Å². The van der Waals surface area contributed by atoms with Crippen molar-refractivity contribution in [3.8, 4) is 0 Å². The zero-order chi connectivity index (χ0) is 16.7. The van der Waals surface area contributed by atoms with Crippen LogP contribution in [0.1, 0.15) is 34.8 Å². The maximum absolute atomic E-state index is 14.2. The number of aromatic amines is 1. The monoisotopic (exact) mass is 315 g/mol. The minimum absolute atomic E-state index is 0.0856. The minimum atomic E-state index is -1.21. The molecule has 7 heteroatoms. The number of fused-ring (bicyclic) bond motifs is 1. The van der Waals surface area contributed by atoms with Crippen molar-refractivity contribution >= 4 is 16.7 Å². The highest BCUT2D eigenvalue weighted by Crippen LogP contribution is 2.25. The van der Waals surface area contributed by atoms with Crippen LogP contribution in [-0.2, 0) is 0 Å². The molecule has 0 saturated carbocycles. The number of imidazole rings is 1. The molecule has 0 aliphatic rings. The molecule has 0 bridgehead atoms. The summed E-state index contributed by atoms with van der Waals surface area (Å²) in [5.41, 5.74) is -0.411. The molecule has 0 amide bonds. The summed E-state index contributed by atoms with van der Waals surface area (Å²) in [6.45, 7) is 3.24. The second-order valence-corrected chi connectivity index (χ2v) is 5.25. The molecule has 2 aromatic heterocycles. The van der Waals surface area contributed by atoms with Gasteiger partial charge >= 0.3 is 5.97 Å². The second-order valence-electron chi connectivity index (χ2n) is 5.25. The summed E-state index contributed by atoms with van der Waals surface area (Å²) in [4.78, 5) is 31.4. The molecule has 2 heterocycles. The van der Waals surface area contributed by atoms with E-state index in [-0.39, 0.29) is 22.0 Å². The molecule has 0 aliphatic carbocycles.